The van der Waals surface area contributed by atoms with E-state index in [1.54, 1.807) is 23.4 Å². The van der Waals surface area contributed by atoms with Gasteiger partial charge in [0.1, 0.15) is 5.69 Å². The Balaban J connectivity index is 0.000000151. The molecule has 132 valence electrons. The smallest absolute Gasteiger partial charge is 0.107 e. The molecular formula is C19H21N7. The Morgan fingerprint density at radius 2 is 1.23 bits per heavy atom. The van der Waals surface area contributed by atoms with Crippen molar-refractivity contribution in [3.05, 3.63) is 77.9 Å². The predicted molar refractivity (Wildman–Crippen MR) is 99.5 cm³/mol. The Kier molecular flexibility index (Phi) is 5.17. The van der Waals surface area contributed by atoms with Gasteiger partial charge in [0.2, 0.25) is 0 Å². The minimum Gasteiger partial charge on any atom is -0.256 e. The lowest BCUT2D eigenvalue weighted by Crippen LogP contribution is -2.02. The van der Waals surface area contributed by atoms with Gasteiger partial charge in [-0.25, -0.2) is 4.68 Å². The Hall–Kier alpha value is -3.35. The van der Waals surface area contributed by atoms with Crippen LogP contribution in [0.5, 0.6) is 0 Å². The molecule has 0 N–H and O–H groups in total. The second kappa shape index (κ2) is 7.69. The number of rotatable bonds is 2. The van der Waals surface area contributed by atoms with Gasteiger partial charge in [-0.2, -0.15) is 15.3 Å². The molecule has 7 heteroatoms. The molecule has 0 fully saturated rings. The first-order valence-electron chi connectivity index (χ1n) is 8.30. The van der Waals surface area contributed by atoms with E-state index in [4.69, 9.17) is 0 Å². The number of hydrogen-bond acceptors (Lipinski definition) is 5. The summed E-state index contributed by atoms with van der Waals surface area (Å²) in [6, 6.07) is 9.84. The van der Waals surface area contributed by atoms with Crippen LogP contribution in [0.15, 0.2) is 55.1 Å². The number of aryl methyl sites for hydroxylation is 4. The maximum absolute atomic E-state index is 4.37. The van der Waals surface area contributed by atoms with Crippen molar-refractivity contribution in [1.29, 1.82) is 0 Å². The molecule has 0 saturated heterocycles. The molecule has 0 saturated carbocycles. The van der Waals surface area contributed by atoms with Crippen LogP contribution >= 0.6 is 0 Å². The van der Waals surface area contributed by atoms with Crippen LogP contribution in [-0.2, 0) is 0 Å². The van der Waals surface area contributed by atoms with Gasteiger partial charge in [0, 0.05) is 23.8 Å². The van der Waals surface area contributed by atoms with Gasteiger partial charge in [0.25, 0.3) is 0 Å². The van der Waals surface area contributed by atoms with Crippen LogP contribution in [0, 0.1) is 27.7 Å². The van der Waals surface area contributed by atoms with E-state index >= 15 is 0 Å². The Bertz CT molecular complexity index is 892. The standard InChI is InChI=1S/C10H11N3.C9H10N4/c1-8-4-5-10(9(2)12-8)13-7-3-6-11-13;1-7-3-4-9(8(2)12-7)13-10-5-6-11-13/h3-7H,1-2H3;3-6H,1-2H3. The fraction of sp³-hybridized carbons (Fsp3) is 0.211. The van der Waals surface area contributed by atoms with Gasteiger partial charge < -0.3 is 0 Å². The maximum Gasteiger partial charge on any atom is 0.107 e. The second-order valence-electron chi connectivity index (χ2n) is 5.88. The number of pyridine rings is 2. The van der Waals surface area contributed by atoms with Crippen LogP contribution in [0.4, 0.5) is 0 Å². The fourth-order valence-electron chi connectivity index (χ4n) is 2.56. The molecule has 0 radical (unpaired) electrons. The summed E-state index contributed by atoms with van der Waals surface area (Å²) in [7, 11) is 0. The molecular weight excluding hydrogens is 326 g/mol. The highest BCUT2D eigenvalue weighted by Gasteiger charge is 2.02. The van der Waals surface area contributed by atoms with E-state index in [2.05, 4.69) is 25.3 Å². The van der Waals surface area contributed by atoms with E-state index in [1.807, 2.05) is 68.9 Å². The molecule has 4 aromatic rings. The van der Waals surface area contributed by atoms with Gasteiger partial charge in [0.05, 0.1) is 29.5 Å². The van der Waals surface area contributed by atoms with Gasteiger partial charge >= 0.3 is 0 Å². The lowest BCUT2D eigenvalue weighted by atomic mass is 10.3. The summed E-state index contributed by atoms with van der Waals surface area (Å²) >= 11 is 0. The van der Waals surface area contributed by atoms with Crippen molar-refractivity contribution < 1.29 is 0 Å². The summed E-state index contributed by atoms with van der Waals surface area (Å²) in [4.78, 5) is 10.3. The zero-order chi connectivity index (χ0) is 18.5. The molecule has 4 heterocycles. The van der Waals surface area contributed by atoms with E-state index in [9.17, 15) is 0 Å². The van der Waals surface area contributed by atoms with E-state index < -0.39 is 0 Å². The van der Waals surface area contributed by atoms with Gasteiger partial charge in [-0.05, 0) is 58.0 Å². The Morgan fingerprint density at radius 3 is 1.73 bits per heavy atom. The lowest BCUT2D eigenvalue weighted by Gasteiger charge is -2.04. The average molecular weight is 347 g/mol. The molecule has 0 bridgehead atoms. The van der Waals surface area contributed by atoms with Crippen molar-refractivity contribution >= 4 is 0 Å². The normalized spacial score (nSPS) is 10.3. The summed E-state index contributed by atoms with van der Waals surface area (Å²) in [5.41, 5.74) is 5.95. The SMILES string of the molecule is Cc1ccc(-n2cccn2)c(C)n1.Cc1ccc(-n2nccn2)c(C)n1. The summed E-state index contributed by atoms with van der Waals surface area (Å²) in [6.07, 6.45) is 6.98. The van der Waals surface area contributed by atoms with Crippen LogP contribution in [-0.4, -0.2) is 34.7 Å². The number of hydrogen-bond donors (Lipinski definition) is 0. The Labute approximate surface area is 152 Å². The van der Waals surface area contributed by atoms with Crippen molar-refractivity contribution in [3.63, 3.8) is 0 Å². The molecule has 7 nitrogen and oxygen atoms in total. The largest absolute Gasteiger partial charge is 0.256 e. The van der Waals surface area contributed by atoms with Gasteiger partial charge in [-0.1, -0.05) is 0 Å². The molecule has 4 rings (SSSR count). The minimum atomic E-state index is 0.926. The fourth-order valence-corrected chi connectivity index (χ4v) is 2.56. The first-order valence-corrected chi connectivity index (χ1v) is 8.30. The van der Waals surface area contributed by atoms with Gasteiger partial charge in [-0.15, -0.1) is 4.80 Å². The molecule has 0 aliphatic carbocycles. The molecule has 4 aromatic heterocycles. The molecule has 0 aliphatic heterocycles. The van der Waals surface area contributed by atoms with Crippen molar-refractivity contribution in [1.82, 2.24) is 34.7 Å². The summed E-state index contributed by atoms with van der Waals surface area (Å²) < 4.78 is 1.82. The zero-order valence-corrected chi connectivity index (χ0v) is 15.3. The van der Waals surface area contributed by atoms with Crippen LogP contribution in [0.2, 0.25) is 0 Å². The third-order valence-corrected chi connectivity index (χ3v) is 3.78. The first kappa shape index (κ1) is 17.5. The molecule has 0 aromatic carbocycles. The second-order valence-corrected chi connectivity index (χ2v) is 5.88. The van der Waals surface area contributed by atoms with Crippen LogP contribution in [0.1, 0.15) is 22.8 Å². The van der Waals surface area contributed by atoms with E-state index in [0.717, 1.165) is 34.2 Å². The minimum absolute atomic E-state index is 0.926. The highest BCUT2D eigenvalue weighted by Crippen LogP contribution is 2.11. The zero-order valence-electron chi connectivity index (χ0n) is 15.3. The lowest BCUT2D eigenvalue weighted by molar-refractivity contribution is 0.740. The van der Waals surface area contributed by atoms with Gasteiger partial charge in [-0.3, -0.25) is 9.97 Å². The molecule has 0 spiro atoms. The highest BCUT2D eigenvalue weighted by atomic mass is 15.5. The van der Waals surface area contributed by atoms with Crippen molar-refractivity contribution in [3.8, 4) is 11.4 Å². The third kappa shape index (κ3) is 4.00. The summed E-state index contributed by atoms with van der Waals surface area (Å²) in [6.45, 7) is 7.89. The van der Waals surface area contributed by atoms with Crippen molar-refractivity contribution in [2.24, 2.45) is 0 Å². The highest BCUT2D eigenvalue weighted by molar-refractivity contribution is 5.36. The van der Waals surface area contributed by atoms with E-state index in [0.29, 0.717) is 0 Å². The Morgan fingerprint density at radius 1 is 0.654 bits per heavy atom. The van der Waals surface area contributed by atoms with Crippen LogP contribution in [0.3, 0.4) is 0 Å². The molecule has 26 heavy (non-hydrogen) atoms. The van der Waals surface area contributed by atoms with Gasteiger partial charge in [0.15, 0.2) is 0 Å². The molecule has 0 aliphatic rings. The summed E-state index contributed by atoms with van der Waals surface area (Å²) in [5.74, 6) is 0. The number of aromatic nitrogens is 7. The molecule has 0 unspecified atom stereocenters. The van der Waals surface area contributed by atoms with Crippen molar-refractivity contribution in [2.75, 3.05) is 0 Å². The van der Waals surface area contributed by atoms with Crippen LogP contribution in [0.25, 0.3) is 11.4 Å². The maximum atomic E-state index is 4.37. The van der Waals surface area contributed by atoms with E-state index in [1.165, 1.54) is 0 Å². The summed E-state index contributed by atoms with van der Waals surface area (Å²) in [5, 5.41) is 12.2. The molecule has 0 atom stereocenters. The molecule has 0 amide bonds. The monoisotopic (exact) mass is 347 g/mol. The van der Waals surface area contributed by atoms with Crippen molar-refractivity contribution in [2.45, 2.75) is 27.7 Å². The van der Waals surface area contributed by atoms with E-state index in [-0.39, 0.29) is 0 Å². The third-order valence-electron chi connectivity index (χ3n) is 3.78. The predicted octanol–water partition coefficient (Wildman–Crippen LogP) is 3.16. The topological polar surface area (TPSA) is 74.3 Å². The number of nitrogens with zero attached hydrogens (tertiary/aromatic N) is 7. The van der Waals surface area contributed by atoms with Crippen LogP contribution < -0.4 is 0 Å². The quantitative estimate of drug-likeness (QED) is 0.557. The first-order chi connectivity index (χ1) is 12.5. The average Bonchev–Trinajstić information content (AvgIpc) is 3.29.